The number of aromatic hydroxyl groups is 2. The van der Waals surface area contributed by atoms with Crippen molar-refractivity contribution in [3.05, 3.63) is 56.6 Å². The normalized spacial score (nSPS) is 14.0. The van der Waals surface area contributed by atoms with Crippen molar-refractivity contribution in [3.8, 4) is 11.5 Å². The summed E-state index contributed by atoms with van der Waals surface area (Å²) in [4.78, 5) is 23.2. The molecule has 2 aromatic rings. The van der Waals surface area contributed by atoms with Crippen molar-refractivity contribution < 1.29 is 29.3 Å². The van der Waals surface area contributed by atoms with Crippen molar-refractivity contribution in [3.63, 3.8) is 0 Å². The summed E-state index contributed by atoms with van der Waals surface area (Å²) in [6.07, 6.45) is 9.30. The van der Waals surface area contributed by atoms with Gasteiger partial charge < -0.3 is 29.3 Å². The number of aliphatic hydroxyl groups excluding tert-OH is 2. The van der Waals surface area contributed by atoms with Crippen LogP contribution in [-0.4, -0.2) is 32.6 Å². The molecule has 0 fully saturated rings. The fourth-order valence-corrected chi connectivity index (χ4v) is 4.70. The Labute approximate surface area is 219 Å². The molecule has 0 aliphatic heterocycles. The van der Waals surface area contributed by atoms with Crippen LogP contribution in [-0.2, 0) is 12.8 Å². The predicted molar refractivity (Wildman–Crippen MR) is 142 cm³/mol. The first-order chi connectivity index (χ1) is 17.3. The maximum absolute atomic E-state index is 11.6. The Kier molecular flexibility index (Phi) is 11.4. The fraction of sp³-hybridized carbons (Fsp3) is 0.655. The zero-order chi connectivity index (χ0) is 27.6. The Morgan fingerprint density at radius 2 is 1.03 bits per heavy atom. The van der Waals surface area contributed by atoms with Crippen LogP contribution in [0.5, 0.6) is 11.5 Å². The molecule has 4 N–H and O–H groups in total. The van der Waals surface area contributed by atoms with E-state index in [1.807, 2.05) is 0 Å². The fourth-order valence-electron chi connectivity index (χ4n) is 4.70. The molecule has 0 aliphatic carbocycles. The van der Waals surface area contributed by atoms with E-state index < -0.39 is 23.1 Å². The summed E-state index contributed by atoms with van der Waals surface area (Å²) in [6, 6.07) is 2.65. The molecule has 8 nitrogen and oxygen atoms in total. The third-order valence-corrected chi connectivity index (χ3v) is 6.89. The molecule has 0 saturated heterocycles. The van der Waals surface area contributed by atoms with Gasteiger partial charge in [-0.2, -0.15) is 0 Å². The first-order valence-electron chi connectivity index (χ1n) is 13.2. The maximum Gasteiger partial charge on any atom is 0.226 e. The first kappa shape index (κ1) is 30.6. The van der Waals surface area contributed by atoms with E-state index in [2.05, 4.69) is 27.7 Å². The second-order valence-corrected chi connectivity index (χ2v) is 11.9. The lowest BCUT2D eigenvalue weighted by Gasteiger charge is -2.25. The summed E-state index contributed by atoms with van der Waals surface area (Å²) in [6.45, 7) is 8.35. The van der Waals surface area contributed by atoms with Crippen molar-refractivity contribution in [2.45, 2.75) is 111 Å². The van der Waals surface area contributed by atoms with Crippen molar-refractivity contribution >= 4 is 0 Å². The average Bonchev–Trinajstić information content (AvgIpc) is 2.78. The molecule has 2 heterocycles. The van der Waals surface area contributed by atoms with Gasteiger partial charge in [0.05, 0.1) is 12.2 Å². The van der Waals surface area contributed by atoms with Gasteiger partial charge in [-0.1, -0.05) is 40.5 Å². The first-order valence-corrected chi connectivity index (χ1v) is 13.2. The van der Waals surface area contributed by atoms with Crippen molar-refractivity contribution in [2.75, 3.05) is 0 Å². The third kappa shape index (κ3) is 11.6. The Balaban J connectivity index is 1.60. The average molecular weight is 521 g/mol. The largest absolute Gasteiger partial charge is 0.502 e. The van der Waals surface area contributed by atoms with Gasteiger partial charge >= 0.3 is 0 Å². The van der Waals surface area contributed by atoms with Gasteiger partial charge in [-0.15, -0.1) is 0 Å². The summed E-state index contributed by atoms with van der Waals surface area (Å²) < 4.78 is 10.6. The highest BCUT2D eigenvalue weighted by Gasteiger charge is 2.22. The van der Waals surface area contributed by atoms with E-state index in [0.29, 0.717) is 50.0 Å². The molecule has 0 saturated carbocycles. The van der Waals surface area contributed by atoms with Crippen LogP contribution in [0, 0.1) is 10.8 Å². The van der Waals surface area contributed by atoms with Crippen LogP contribution in [0.1, 0.15) is 97.0 Å². The summed E-state index contributed by atoms with van der Waals surface area (Å²) in [5.41, 5.74) is -1.10. The number of aliphatic hydroxyl groups is 2. The highest BCUT2D eigenvalue weighted by atomic mass is 16.4. The molecule has 0 aromatic carbocycles. The number of rotatable bonds is 16. The summed E-state index contributed by atoms with van der Waals surface area (Å²) in [7, 11) is 0. The molecule has 0 aliphatic rings. The lowest BCUT2D eigenvalue weighted by molar-refractivity contribution is 0.116. The smallest absolute Gasteiger partial charge is 0.226 e. The van der Waals surface area contributed by atoms with Gasteiger partial charge in [-0.25, -0.2) is 0 Å². The van der Waals surface area contributed by atoms with Crippen LogP contribution >= 0.6 is 0 Å². The van der Waals surface area contributed by atoms with Crippen molar-refractivity contribution in [2.24, 2.45) is 10.8 Å². The molecule has 0 spiro atoms. The van der Waals surface area contributed by atoms with Crippen molar-refractivity contribution in [1.29, 1.82) is 0 Å². The standard InChI is InChI=1S/C29H44O8/c1-28(2,16-22-14-24(32)26(34)18-36-22)12-6-10-20(30)8-5-9-21(31)11-7-13-29(3,4)17-23-15-25(33)27(35)19-37-23/h14-15,18-21,30-31,34-35H,5-13,16-17H2,1-4H3. The minimum absolute atomic E-state index is 0.107. The van der Waals surface area contributed by atoms with Gasteiger partial charge in [-0.3, -0.25) is 9.59 Å². The predicted octanol–water partition coefficient (Wildman–Crippen LogP) is 5.07. The van der Waals surface area contributed by atoms with E-state index >= 15 is 0 Å². The van der Waals surface area contributed by atoms with Gasteiger partial charge in [0.2, 0.25) is 10.9 Å². The van der Waals surface area contributed by atoms with Crippen LogP contribution < -0.4 is 10.9 Å². The topological polar surface area (TPSA) is 141 Å². The molecule has 2 aromatic heterocycles. The van der Waals surface area contributed by atoms with Crippen LogP contribution in [0.3, 0.4) is 0 Å². The molecule has 2 rings (SSSR count). The molecule has 2 atom stereocenters. The van der Waals surface area contributed by atoms with Crippen LogP contribution in [0.4, 0.5) is 0 Å². The molecule has 0 bridgehead atoms. The summed E-state index contributed by atoms with van der Waals surface area (Å²) >= 11 is 0. The molecule has 208 valence electrons. The molecular weight excluding hydrogens is 476 g/mol. The van der Waals surface area contributed by atoms with E-state index in [9.17, 15) is 30.0 Å². The van der Waals surface area contributed by atoms with E-state index in [4.69, 9.17) is 8.83 Å². The maximum atomic E-state index is 11.6. The van der Waals surface area contributed by atoms with Crippen molar-refractivity contribution in [1.82, 2.24) is 0 Å². The Morgan fingerprint density at radius 3 is 1.38 bits per heavy atom. The van der Waals surface area contributed by atoms with Crippen LogP contribution in [0.2, 0.25) is 0 Å². The lowest BCUT2D eigenvalue weighted by Crippen LogP contribution is -2.18. The van der Waals surface area contributed by atoms with Gasteiger partial charge in [0.25, 0.3) is 0 Å². The monoisotopic (exact) mass is 520 g/mol. The van der Waals surface area contributed by atoms with E-state index in [1.54, 1.807) is 0 Å². The number of hydrogen-bond donors (Lipinski definition) is 4. The zero-order valence-corrected chi connectivity index (χ0v) is 22.7. The molecular formula is C29H44O8. The van der Waals surface area contributed by atoms with Gasteiger partial charge in [-0.05, 0) is 55.8 Å². The second-order valence-electron chi connectivity index (χ2n) is 11.9. The van der Waals surface area contributed by atoms with E-state index in [-0.39, 0.29) is 22.3 Å². The highest BCUT2D eigenvalue weighted by Crippen LogP contribution is 2.30. The second kappa shape index (κ2) is 13.8. The minimum atomic E-state index is -0.442. The number of hydrogen-bond acceptors (Lipinski definition) is 8. The quantitative estimate of drug-likeness (QED) is 0.240. The summed E-state index contributed by atoms with van der Waals surface area (Å²) in [5.74, 6) is 0.302. The lowest BCUT2D eigenvalue weighted by atomic mass is 9.82. The SMILES string of the molecule is CC(C)(CCCC(O)CCCC(O)CCCC(C)(C)Cc1cc(=O)c(O)co1)Cc1cc(=O)c(O)co1. The van der Waals surface area contributed by atoms with Gasteiger partial charge in [0.15, 0.2) is 11.5 Å². The zero-order valence-electron chi connectivity index (χ0n) is 22.7. The minimum Gasteiger partial charge on any atom is -0.502 e. The van der Waals surface area contributed by atoms with Gasteiger partial charge in [0, 0.05) is 25.0 Å². The van der Waals surface area contributed by atoms with Crippen LogP contribution in [0.15, 0.2) is 43.1 Å². The summed E-state index contributed by atoms with van der Waals surface area (Å²) in [5, 5.41) is 39.4. The molecule has 37 heavy (non-hydrogen) atoms. The van der Waals surface area contributed by atoms with E-state index in [1.165, 1.54) is 12.1 Å². The molecule has 2 unspecified atom stereocenters. The molecule has 0 amide bonds. The third-order valence-electron chi connectivity index (χ3n) is 6.89. The Hall–Kier alpha value is -2.58. The van der Waals surface area contributed by atoms with Gasteiger partial charge in [0.1, 0.15) is 24.0 Å². The van der Waals surface area contributed by atoms with E-state index in [0.717, 1.165) is 44.6 Å². The molecule has 8 heteroatoms. The van der Waals surface area contributed by atoms with Crippen LogP contribution in [0.25, 0.3) is 0 Å². The Morgan fingerprint density at radius 1 is 0.676 bits per heavy atom. The molecule has 0 radical (unpaired) electrons. The highest BCUT2D eigenvalue weighted by molar-refractivity contribution is 5.17. The Bertz CT molecular complexity index is 996.